The lowest BCUT2D eigenvalue weighted by Gasteiger charge is -2.24. The van der Waals surface area contributed by atoms with Gasteiger partial charge in [-0.3, -0.25) is 14.5 Å². The van der Waals surface area contributed by atoms with Crippen molar-refractivity contribution in [1.82, 2.24) is 4.98 Å². The van der Waals surface area contributed by atoms with Crippen LogP contribution in [0.25, 0.3) is 16.0 Å². The molecule has 0 bridgehead atoms. The molecule has 1 aliphatic heterocycles. The minimum absolute atomic E-state index is 0.0491. The van der Waals surface area contributed by atoms with Gasteiger partial charge in [-0.15, -0.1) is 0 Å². The topological polar surface area (TPSA) is 107 Å². The summed E-state index contributed by atoms with van der Waals surface area (Å²) in [5.74, 6) is 0.903. The van der Waals surface area contributed by atoms with Crippen molar-refractivity contribution in [1.29, 1.82) is 0 Å². The van der Waals surface area contributed by atoms with Crippen LogP contribution in [0.1, 0.15) is 57.7 Å². The number of anilines is 1. The van der Waals surface area contributed by atoms with Gasteiger partial charge in [0.25, 0.3) is 5.78 Å². The summed E-state index contributed by atoms with van der Waals surface area (Å²) >= 11 is 1.27. The number of thiazole rings is 1. The molecule has 3 aromatic carbocycles. The van der Waals surface area contributed by atoms with E-state index in [1.54, 1.807) is 42.5 Å². The number of fused-ring (bicyclic) bond motifs is 1. The van der Waals surface area contributed by atoms with Crippen LogP contribution in [0, 0.1) is 5.92 Å². The molecule has 2 heterocycles. The number of carbonyl (C=O) groups excluding carboxylic acids is 2. The van der Waals surface area contributed by atoms with Gasteiger partial charge in [-0.1, -0.05) is 38.2 Å². The molecule has 1 aromatic heterocycles. The number of carbonyl (C=O) groups is 2. The number of rotatable bonds is 13. The molecule has 1 unspecified atom stereocenters. The first-order valence-electron chi connectivity index (χ1n) is 15.1. The first-order valence-corrected chi connectivity index (χ1v) is 16.0. The minimum atomic E-state index is -0.980. The lowest BCUT2D eigenvalue weighted by molar-refractivity contribution is -0.132. The summed E-state index contributed by atoms with van der Waals surface area (Å²) in [5, 5.41) is 11.9. The number of ketones is 1. The number of nitrogens with zero attached hydrogens (tertiary/aromatic N) is 2. The standard InChI is InChI=1S/C35H38N2O7S/c1-6-17-43-24-11-8-22(9-12-24)32(38)30-31(23-10-15-27(28(19-23)41-5)44-18-16-21(3)4)37(34(40)33(30)39)35-36-26-14-13-25(42-7-2)20-29(26)45-35/h8-15,19-21,31,38H,6-7,16-18H2,1-5H3. The van der Waals surface area contributed by atoms with Gasteiger partial charge in [-0.05, 0) is 85.8 Å². The highest BCUT2D eigenvalue weighted by molar-refractivity contribution is 7.22. The Morgan fingerprint density at radius 2 is 1.69 bits per heavy atom. The summed E-state index contributed by atoms with van der Waals surface area (Å²) in [4.78, 5) is 33.6. The van der Waals surface area contributed by atoms with Crippen molar-refractivity contribution in [2.75, 3.05) is 31.8 Å². The number of aliphatic hydroxyl groups is 1. The fourth-order valence-electron chi connectivity index (χ4n) is 5.06. The number of benzene rings is 3. The maximum atomic E-state index is 13.8. The van der Waals surface area contributed by atoms with E-state index in [4.69, 9.17) is 23.9 Å². The van der Waals surface area contributed by atoms with Crippen LogP contribution in [0.5, 0.6) is 23.0 Å². The largest absolute Gasteiger partial charge is 0.507 e. The molecule has 1 saturated heterocycles. The molecule has 5 rings (SSSR count). The average Bonchev–Trinajstić information content (AvgIpc) is 3.57. The van der Waals surface area contributed by atoms with Gasteiger partial charge in [0, 0.05) is 5.56 Å². The molecule has 1 amide bonds. The molecule has 1 atom stereocenters. The van der Waals surface area contributed by atoms with E-state index < -0.39 is 17.7 Å². The zero-order valence-corrected chi connectivity index (χ0v) is 27.0. The second-order valence-corrected chi connectivity index (χ2v) is 12.1. The van der Waals surface area contributed by atoms with Crippen LogP contribution in [0.4, 0.5) is 5.13 Å². The Hall–Kier alpha value is -4.57. The Balaban J connectivity index is 1.62. The predicted octanol–water partition coefficient (Wildman–Crippen LogP) is 7.54. The smallest absolute Gasteiger partial charge is 0.301 e. The van der Waals surface area contributed by atoms with Crippen LogP contribution in [-0.2, 0) is 9.59 Å². The molecule has 9 nitrogen and oxygen atoms in total. The summed E-state index contributed by atoms with van der Waals surface area (Å²) in [6.07, 6.45) is 1.73. The number of Topliss-reactive ketones (excluding diaryl/α,β-unsaturated/α-hetero) is 1. The van der Waals surface area contributed by atoms with Gasteiger partial charge >= 0.3 is 5.91 Å². The number of amides is 1. The Bertz CT molecular complexity index is 1710. The normalized spacial score (nSPS) is 16.0. The Kier molecular flexibility index (Phi) is 9.93. The molecule has 0 saturated carbocycles. The minimum Gasteiger partial charge on any atom is -0.507 e. The van der Waals surface area contributed by atoms with Crippen molar-refractivity contribution in [2.45, 2.75) is 46.6 Å². The molecule has 1 fully saturated rings. The van der Waals surface area contributed by atoms with Crippen molar-refractivity contribution in [2.24, 2.45) is 5.92 Å². The van der Waals surface area contributed by atoms with Gasteiger partial charge in [0.1, 0.15) is 17.3 Å². The lowest BCUT2D eigenvalue weighted by atomic mass is 9.95. The molecule has 4 aromatic rings. The molecule has 45 heavy (non-hydrogen) atoms. The molecular formula is C35H38N2O7S. The Labute approximate surface area is 267 Å². The highest BCUT2D eigenvalue weighted by atomic mass is 32.1. The van der Waals surface area contributed by atoms with Crippen LogP contribution < -0.4 is 23.8 Å². The van der Waals surface area contributed by atoms with Crippen LogP contribution in [0.2, 0.25) is 0 Å². The summed E-state index contributed by atoms with van der Waals surface area (Å²) in [6.45, 7) is 9.75. The summed E-state index contributed by atoms with van der Waals surface area (Å²) in [7, 11) is 1.54. The third-order valence-corrected chi connectivity index (χ3v) is 8.38. The summed E-state index contributed by atoms with van der Waals surface area (Å²) < 4.78 is 23.8. The Morgan fingerprint density at radius 1 is 0.933 bits per heavy atom. The molecule has 1 N–H and O–H groups in total. The van der Waals surface area contributed by atoms with Gasteiger partial charge in [0.05, 0.1) is 48.8 Å². The molecule has 236 valence electrons. The first kappa shape index (κ1) is 31.8. The number of aromatic nitrogens is 1. The Morgan fingerprint density at radius 3 is 2.38 bits per heavy atom. The molecule has 0 radical (unpaired) electrons. The number of aliphatic hydroxyl groups excluding tert-OH is 1. The number of hydrogen-bond acceptors (Lipinski definition) is 9. The van der Waals surface area contributed by atoms with Gasteiger partial charge in [0.2, 0.25) is 0 Å². The lowest BCUT2D eigenvalue weighted by Crippen LogP contribution is -2.29. The van der Waals surface area contributed by atoms with E-state index in [-0.39, 0.29) is 11.3 Å². The van der Waals surface area contributed by atoms with Gasteiger partial charge in [0.15, 0.2) is 16.6 Å². The monoisotopic (exact) mass is 630 g/mol. The fraction of sp³-hybridized carbons (Fsp3) is 0.343. The van der Waals surface area contributed by atoms with Crippen LogP contribution >= 0.6 is 11.3 Å². The second kappa shape index (κ2) is 14.0. The molecule has 1 aliphatic rings. The van der Waals surface area contributed by atoms with E-state index in [0.29, 0.717) is 70.5 Å². The SMILES string of the molecule is CCCOc1ccc(C(O)=C2C(=O)C(=O)N(c3nc4ccc(OCC)cc4s3)C2c2ccc(OCCC(C)C)c(OC)c2)cc1. The van der Waals surface area contributed by atoms with E-state index in [0.717, 1.165) is 17.5 Å². The van der Waals surface area contributed by atoms with Crippen LogP contribution in [-0.4, -0.2) is 48.7 Å². The number of ether oxygens (including phenoxy) is 4. The van der Waals surface area contributed by atoms with Crippen molar-refractivity contribution < 1.29 is 33.6 Å². The highest BCUT2D eigenvalue weighted by Gasteiger charge is 2.48. The third-order valence-electron chi connectivity index (χ3n) is 7.37. The zero-order valence-electron chi connectivity index (χ0n) is 26.2. The highest BCUT2D eigenvalue weighted by Crippen LogP contribution is 2.46. The average molecular weight is 631 g/mol. The van der Waals surface area contributed by atoms with E-state index in [2.05, 4.69) is 13.8 Å². The van der Waals surface area contributed by atoms with E-state index in [9.17, 15) is 14.7 Å². The van der Waals surface area contributed by atoms with Crippen molar-refractivity contribution in [3.8, 4) is 23.0 Å². The summed E-state index contributed by atoms with van der Waals surface area (Å²) in [6, 6.07) is 16.6. The zero-order chi connectivity index (χ0) is 32.1. The maximum Gasteiger partial charge on any atom is 0.301 e. The van der Waals surface area contributed by atoms with Crippen molar-refractivity contribution in [3.05, 3.63) is 77.4 Å². The van der Waals surface area contributed by atoms with E-state index in [1.807, 2.05) is 32.0 Å². The number of methoxy groups -OCH3 is 1. The summed E-state index contributed by atoms with van der Waals surface area (Å²) in [5.41, 5.74) is 1.55. The number of hydrogen-bond donors (Lipinski definition) is 1. The molecule has 10 heteroatoms. The van der Waals surface area contributed by atoms with Crippen molar-refractivity contribution >= 4 is 44.1 Å². The van der Waals surface area contributed by atoms with E-state index >= 15 is 0 Å². The van der Waals surface area contributed by atoms with Crippen LogP contribution in [0.15, 0.2) is 66.2 Å². The van der Waals surface area contributed by atoms with Crippen LogP contribution in [0.3, 0.4) is 0 Å². The molecule has 0 aliphatic carbocycles. The molecule has 0 spiro atoms. The second-order valence-electron chi connectivity index (χ2n) is 11.0. The first-order chi connectivity index (χ1) is 21.7. The molecular weight excluding hydrogens is 592 g/mol. The third kappa shape index (κ3) is 6.76. The van der Waals surface area contributed by atoms with Gasteiger partial charge in [-0.25, -0.2) is 4.98 Å². The van der Waals surface area contributed by atoms with Gasteiger partial charge < -0.3 is 24.1 Å². The van der Waals surface area contributed by atoms with Gasteiger partial charge in [-0.2, -0.15) is 0 Å². The maximum absolute atomic E-state index is 13.8. The predicted molar refractivity (Wildman–Crippen MR) is 176 cm³/mol. The fourth-order valence-corrected chi connectivity index (χ4v) is 6.08. The van der Waals surface area contributed by atoms with E-state index in [1.165, 1.54) is 23.3 Å². The van der Waals surface area contributed by atoms with Crippen molar-refractivity contribution in [3.63, 3.8) is 0 Å². The quantitative estimate of drug-likeness (QED) is 0.0917.